The predicted molar refractivity (Wildman–Crippen MR) is 115 cm³/mol. The first-order chi connectivity index (χ1) is 14.1. The molecule has 0 bridgehead atoms. The normalized spacial score (nSPS) is 22.3. The molecule has 2 heterocycles. The van der Waals surface area contributed by atoms with Crippen molar-refractivity contribution in [3.63, 3.8) is 0 Å². The highest BCUT2D eigenvalue weighted by atomic mass is 16.2. The van der Waals surface area contributed by atoms with Gasteiger partial charge in [-0.1, -0.05) is 37.8 Å². The highest BCUT2D eigenvalue weighted by Gasteiger charge is 2.50. The monoisotopic (exact) mass is 398 g/mol. The van der Waals surface area contributed by atoms with E-state index in [4.69, 9.17) is 0 Å². The summed E-state index contributed by atoms with van der Waals surface area (Å²) in [5, 5.41) is 3.03. The largest absolute Gasteiger partial charge is 0.372 e. The van der Waals surface area contributed by atoms with Crippen LogP contribution in [0.1, 0.15) is 63.4 Å². The number of anilines is 1. The van der Waals surface area contributed by atoms with E-state index in [0.717, 1.165) is 51.6 Å². The molecule has 6 heteroatoms. The highest BCUT2D eigenvalue weighted by Crippen LogP contribution is 2.32. The number of nitrogens with one attached hydrogen (secondary N) is 1. The van der Waals surface area contributed by atoms with Crippen molar-refractivity contribution < 1.29 is 9.59 Å². The SMILES string of the molecule is CN(Cc1ccc(N2CCCCC2)cc1)CN1C(=O)NC2(CCCCCC2)C1=O. The van der Waals surface area contributed by atoms with Gasteiger partial charge in [-0.15, -0.1) is 0 Å². The lowest BCUT2D eigenvalue weighted by Gasteiger charge is -2.29. The molecule has 3 amide bonds. The molecule has 0 unspecified atom stereocenters. The van der Waals surface area contributed by atoms with Crippen LogP contribution < -0.4 is 10.2 Å². The summed E-state index contributed by atoms with van der Waals surface area (Å²) >= 11 is 0. The van der Waals surface area contributed by atoms with Crippen LogP contribution in [-0.4, -0.2) is 54.1 Å². The highest BCUT2D eigenvalue weighted by molar-refractivity contribution is 6.07. The molecule has 4 rings (SSSR count). The van der Waals surface area contributed by atoms with Gasteiger partial charge in [0, 0.05) is 25.3 Å². The number of hydrogen-bond acceptors (Lipinski definition) is 4. The van der Waals surface area contributed by atoms with Crippen molar-refractivity contribution in [2.75, 3.05) is 31.7 Å². The van der Waals surface area contributed by atoms with Crippen molar-refractivity contribution in [2.45, 2.75) is 69.9 Å². The molecule has 0 atom stereocenters. The molecule has 1 spiro atoms. The van der Waals surface area contributed by atoms with Gasteiger partial charge in [0.25, 0.3) is 5.91 Å². The number of nitrogens with zero attached hydrogens (tertiary/aromatic N) is 3. The van der Waals surface area contributed by atoms with Crippen molar-refractivity contribution in [2.24, 2.45) is 0 Å². The van der Waals surface area contributed by atoms with Crippen molar-refractivity contribution in [3.05, 3.63) is 29.8 Å². The van der Waals surface area contributed by atoms with E-state index >= 15 is 0 Å². The Hall–Kier alpha value is -2.08. The molecule has 1 aromatic carbocycles. The van der Waals surface area contributed by atoms with Gasteiger partial charge in [0.15, 0.2) is 0 Å². The lowest BCUT2D eigenvalue weighted by molar-refractivity contribution is -0.133. The molecule has 2 aliphatic heterocycles. The molecule has 0 aromatic heterocycles. The zero-order valence-corrected chi connectivity index (χ0v) is 17.7. The molecular formula is C23H34N4O2. The molecule has 158 valence electrons. The fraction of sp³-hybridized carbons (Fsp3) is 0.652. The van der Waals surface area contributed by atoms with Crippen LogP contribution in [-0.2, 0) is 11.3 Å². The Morgan fingerprint density at radius 1 is 0.931 bits per heavy atom. The standard InChI is InChI=1S/C23H34N4O2/c1-25(17-19-9-11-20(12-10-19)26-15-7-4-8-16-26)18-27-21(28)23(24-22(27)29)13-5-2-3-6-14-23/h9-12H,2-8,13-18H2,1H3,(H,24,29). The Bertz CT molecular complexity index is 719. The third-order valence-electron chi connectivity index (χ3n) is 6.70. The van der Waals surface area contributed by atoms with Gasteiger partial charge in [-0.05, 0) is 56.8 Å². The quantitative estimate of drug-likeness (QED) is 0.768. The Kier molecular flexibility index (Phi) is 6.09. The van der Waals surface area contributed by atoms with Crippen LogP contribution in [0.4, 0.5) is 10.5 Å². The topological polar surface area (TPSA) is 55.9 Å². The van der Waals surface area contributed by atoms with Crippen LogP contribution >= 0.6 is 0 Å². The Labute approximate surface area is 174 Å². The molecule has 0 radical (unpaired) electrons. The maximum absolute atomic E-state index is 13.1. The summed E-state index contributed by atoms with van der Waals surface area (Å²) in [5.74, 6) is -0.0308. The fourth-order valence-corrected chi connectivity index (χ4v) is 5.04. The van der Waals surface area contributed by atoms with Crippen LogP contribution in [0.3, 0.4) is 0 Å². The minimum Gasteiger partial charge on any atom is -0.372 e. The number of urea groups is 1. The summed E-state index contributed by atoms with van der Waals surface area (Å²) in [4.78, 5) is 31.5. The maximum atomic E-state index is 13.1. The number of rotatable bonds is 5. The summed E-state index contributed by atoms with van der Waals surface area (Å²) in [6.07, 6.45) is 9.76. The molecule has 3 fully saturated rings. The first kappa shape index (κ1) is 20.2. The van der Waals surface area contributed by atoms with E-state index < -0.39 is 5.54 Å². The third-order valence-corrected chi connectivity index (χ3v) is 6.70. The maximum Gasteiger partial charge on any atom is 0.326 e. The number of benzene rings is 1. The predicted octanol–water partition coefficient (Wildman–Crippen LogP) is 3.71. The summed E-state index contributed by atoms with van der Waals surface area (Å²) in [5.41, 5.74) is 1.84. The van der Waals surface area contributed by atoms with Crippen molar-refractivity contribution in [1.82, 2.24) is 15.1 Å². The molecule has 3 aliphatic rings. The lowest BCUT2D eigenvalue weighted by atomic mass is 9.90. The summed E-state index contributed by atoms with van der Waals surface area (Å²) < 4.78 is 0. The smallest absolute Gasteiger partial charge is 0.326 e. The van der Waals surface area contributed by atoms with Crippen LogP contribution in [0, 0.1) is 0 Å². The Balaban J connectivity index is 1.35. The number of carbonyl (C=O) groups is 2. The summed E-state index contributed by atoms with van der Waals surface area (Å²) in [6, 6.07) is 8.49. The average Bonchev–Trinajstić information content (AvgIpc) is 2.89. The van der Waals surface area contributed by atoms with Crippen LogP contribution in [0.2, 0.25) is 0 Å². The van der Waals surface area contributed by atoms with Gasteiger partial charge < -0.3 is 10.2 Å². The molecule has 1 aromatic rings. The van der Waals surface area contributed by atoms with Gasteiger partial charge in [0.1, 0.15) is 5.54 Å². The van der Waals surface area contributed by atoms with E-state index in [9.17, 15) is 9.59 Å². The second-order valence-electron chi connectivity index (χ2n) is 9.03. The second-order valence-corrected chi connectivity index (χ2v) is 9.03. The molecule has 6 nitrogen and oxygen atoms in total. The minimum atomic E-state index is -0.648. The molecule has 1 N–H and O–H groups in total. The third kappa shape index (κ3) is 4.42. The zero-order valence-electron chi connectivity index (χ0n) is 17.7. The van der Waals surface area contributed by atoms with E-state index in [0.29, 0.717) is 13.2 Å². The minimum absolute atomic E-state index is 0.0308. The number of imide groups is 1. The number of piperidine rings is 1. The van der Waals surface area contributed by atoms with Crippen molar-refractivity contribution >= 4 is 17.6 Å². The van der Waals surface area contributed by atoms with Gasteiger partial charge in [0.05, 0.1) is 6.67 Å². The van der Waals surface area contributed by atoms with E-state index in [-0.39, 0.29) is 11.9 Å². The first-order valence-corrected chi connectivity index (χ1v) is 11.2. The van der Waals surface area contributed by atoms with Gasteiger partial charge in [-0.2, -0.15) is 0 Å². The first-order valence-electron chi connectivity index (χ1n) is 11.2. The number of carbonyl (C=O) groups excluding carboxylic acids is 2. The van der Waals surface area contributed by atoms with E-state index in [1.807, 2.05) is 11.9 Å². The van der Waals surface area contributed by atoms with Crippen LogP contribution in [0.25, 0.3) is 0 Å². The average molecular weight is 399 g/mol. The van der Waals surface area contributed by atoms with Crippen molar-refractivity contribution in [1.29, 1.82) is 0 Å². The van der Waals surface area contributed by atoms with Gasteiger partial charge in [-0.25, -0.2) is 9.69 Å². The van der Waals surface area contributed by atoms with Crippen LogP contribution in [0.5, 0.6) is 0 Å². The van der Waals surface area contributed by atoms with E-state index in [1.165, 1.54) is 35.4 Å². The number of hydrogen-bond donors (Lipinski definition) is 1. The number of amides is 3. The van der Waals surface area contributed by atoms with Crippen molar-refractivity contribution in [3.8, 4) is 0 Å². The second kappa shape index (κ2) is 8.74. The zero-order chi connectivity index (χ0) is 20.3. The van der Waals surface area contributed by atoms with Crippen LogP contribution in [0.15, 0.2) is 24.3 Å². The molecule has 29 heavy (non-hydrogen) atoms. The lowest BCUT2D eigenvalue weighted by Crippen LogP contribution is -2.47. The Morgan fingerprint density at radius 2 is 1.55 bits per heavy atom. The van der Waals surface area contributed by atoms with Gasteiger partial charge in [-0.3, -0.25) is 9.69 Å². The summed E-state index contributed by atoms with van der Waals surface area (Å²) in [6.45, 7) is 3.34. The van der Waals surface area contributed by atoms with E-state index in [2.05, 4.69) is 34.5 Å². The van der Waals surface area contributed by atoms with Gasteiger partial charge >= 0.3 is 6.03 Å². The Morgan fingerprint density at radius 3 is 2.21 bits per heavy atom. The summed E-state index contributed by atoms with van der Waals surface area (Å²) in [7, 11) is 1.97. The van der Waals surface area contributed by atoms with Gasteiger partial charge in [0.2, 0.25) is 0 Å². The molecule has 2 saturated heterocycles. The van der Waals surface area contributed by atoms with E-state index in [1.54, 1.807) is 0 Å². The fourth-order valence-electron chi connectivity index (χ4n) is 5.04. The molecular weight excluding hydrogens is 364 g/mol. The molecule has 1 aliphatic carbocycles. The molecule has 1 saturated carbocycles.